The molecule has 12 heteroatoms. The quantitative estimate of drug-likeness (QED) is 0.251. The first kappa shape index (κ1) is 38.4. The number of hydrogen-bond donors (Lipinski definition) is 1. The van der Waals surface area contributed by atoms with Gasteiger partial charge in [0.05, 0.1) is 17.8 Å². The number of nitrogens with zero attached hydrogens (tertiary/aromatic N) is 2. The lowest BCUT2D eigenvalue weighted by Crippen LogP contribution is -2.60. The lowest BCUT2D eigenvalue weighted by molar-refractivity contribution is -0.296. The first-order valence-electron chi connectivity index (χ1n) is 17.2. The average molecular weight is 677 g/mol. The number of esters is 2. The number of terminal acetylenes is 1. The number of aliphatic hydroxyl groups is 1. The zero-order chi connectivity index (χ0) is 36.1. The van der Waals surface area contributed by atoms with E-state index < -0.39 is 88.7 Å². The molecule has 4 heterocycles. The van der Waals surface area contributed by atoms with Gasteiger partial charge in [0.15, 0.2) is 17.7 Å². The second-order valence-corrected chi connectivity index (χ2v) is 15.5. The standard InChI is InChI=1S/C36H56N2O10/c1-13-15-44-35(8)17-19(3)29(41)34(7)18-38(12)25-28(34)36(9,48-32(25)43)24(14-2)46-31(42)22(6)26(39)21(5)30(35)47-33-27(40)23(37(10)11)16-20(4)45-33/h1,19-25,27-28,30,33,40H,14-18H2,2-12H3/t19-,20-,21+,22-,23+,24-,25?,27-,28?,30-,33+,34?,35+,36-/m1/s1. The molecule has 4 aliphatic heterocycles. The largest absolute Gasteiger partial charge is 0.458 e. The van der Waals surface area contributed by atoms with Crippen LogP contribution in [-0.4, -0.2) is 127 Å². The van der Waals surface area contributed by atoms with Crippen LogP contribution in [0, 0.1) is 41.4 Å². The van der Waals surface area contributed by atoms with Gasteiger partial charge < -0.3 is 33.7 Å². The number of ether oxygens (including phenoxy) is 5. The third-order valence-corrected chi connectivity index (χ3v) is 11.6. The van der Waals surface area contributed by atoms with Gasteiger partial charge in [-0.2, -0.15) is 0 Å². The number of aliphatic hydroxyl groups excluding tert-OH is 1. The van der Waals surface area contributed by atoms with Crippen molar-refractivity contribution in [2.45, 2.75) is 129 Å². The zero-order valence-electron chi connectivity index (χ0n) is 30.5. The Morgan fingerprint density at radius 2 is 1.73 bits per heavy atom. The molecule has 0 aromatic carbocycles. The Morgan fingerprint density at radius 3 is 2.31 bits per heavy atom. The summed E-state index contributed by atoms with van der Waals surface area (Å²) in [5, 5.41) is 11.4. The number of ketones is 2. The number of Topliss-reactive ketones (excluding diaryl/α,β-unsaturated/α-hetero) is 2. The van der Waals surface area contributed by atoms with Gasteiger partial charge in [0.1, 0.15) is 36.6 Å². The van der Waals surface area contributed by atoms with Gasteiger partial charge in [-0.15, -0.1) is 6.42 Å². The maximum absolute atomic E-state index is 14.8. The number of carbonyl (C=O) groups is 4. The second kappa shape index (κ2) is 14.1. The molecule has 4 fully saturated rings. The smallest absolute Gasteiger partial charge is 0.324 e. The van der Waals surface area contributed by atoms with Crippen molar-refractivity contribution in [2.24, 2.45) is 29.1 Å². The summed E-state index contributed by atoms with van der Waals surface area (Å²) in [5.41, 5.74) is -3.75. The van der Waals surface area contributed by atoms with Crippen molar-refractivity contribution in [3.05, 3.63) is 0 Å². The van der Waals surface area contributed by atoms with E-state index in [2.05, 4.69) is 5.92 Å². The van der Waals surface area contributed by atoms with Gasteiger partial charge in [-0.3, -0.25) is 24.1 Å². The fourth-order valence-electron chi connectivity index (χ4n) is 9.24. The van der Waals surface area contributed by atoms with Gasteiger partial charge >= 0.3 is 11.9 Å². The molecule has 3 unspecified atom stereocenters. The van der Waals surface area contributed by atoms with Gasteiger partial charge in [0.2, 0.25) is 0 Å². The fraction of sp³-hybridized carbons (Fsp3) is 0.833. The minimum atomic E-state index is -1.36. The highest BCUT2D eigenvalue weighted by molar-refractivity contribution is 6.00. The van der Waals surface area contributed by atoms with Crippen molar-refractivity contribution in [2.75, 3.05) is 34.3 Å². The molecule has 1 N–H and O–H groups in total. The van der Waals surface area contributed by atoms with Gasteiger partial charge in [0.25, 0.3) is 0 Å². The fourth-order valence-corrected chi connectivity index (χ4v) is 9.24. The van der Waals surface area contributed by atoms with E-state index in [4.69, 9.17) is 30.1 Å². The number of rotatable bonds is 6. The minimum absolute atomic E-state index is 0.0868. The molecule has 270 valence electrons. The van der Waals surface area contributed by atoms with E-state index in [-0.39, 0.29) is 31.0 Å². The summed E-state index contributed by atoms with van der Waals surface area (Å²) in [5.74, 6) is -2.86. The summed E-state index contributed by atoms with van der Waals surface area (Å²) in [6.45, 7) is 14.1. The number of hydrogen-bond acceptors (Lipinski definition) is 12. The van der Waals surface area contributed by atoms with Crippen LogP contribution < -0.4 is 0 Å². The highest BCUT2D eigenvalue weighted by atomic mass is 16.7. The van der Waals surface area contributed by atoms with E-state index >= 15 is 0 Å². The van der Waals surface area contributed by atoms with Gasteiger partial charge in [-0.1, -0.05) is 33.6 Å². The summed E-state index contributed by atoms with van der Waals surface area (Å²) >= 11 is 0. The summed E-state index contributed by atoms with van der Waals surface area (Å²) in [6, 6.07) is -1.01. The summed E-state index contributed by atoms with van der Waals surface area (Å²) in [6.07, 6.45) is 2.12. The summed E-state index contributed by atoms with van der Waals surface area (Å²) in [4.78, 5) is 59.9. The molecule has 0 bridgehead atoms. The average Bonchev–Trinajstić information content (AvgIpc) is 3.47. The summed E-state index contributed by atoms with van der Waals surface area (Å²) in [7, 11) is 5.51. The molecule has 48 heavy (non-hydrogen) atoms. The van der Waals surface area contributed by atoms with Crippen LogP contribution in [0.15, 0.2) is 0 Å². The highest BCUT2D eigenvalue weighted by Crippen LogP contribution is 2.55. The molecule has 4 rings (SSSR count). The molecular weight excluding hydrogens is 620 g/mol. The molecule has 0 aromatic rings. The van der Waals surface area contributed by atoms with E-state index in [1.54, 1.807) is 34.7 Å². The first-order valence-corrected chi connectivity index (χ1v) is 17.2. The normalized spacial score (nSPS) is 46.1. The summed E-state index contributed by atoms with van der Waals surface area (Å²) < 4.78 is 31.2. The van der Waals surface area contributed by atoms with Crippen molar-refractivity contribution in [1.82, 2.24) is 9.80 Å². The Bertz CT molecular complexity index is 1300. The van der Waals surface area contributed by atoms with Crippen LogP contribution >= 0.6 is 0 Å². The lowest BCUT2D eigenvalue weighted by Gasteiger charge is -2.48. The predicted molar refractivity (Wildman–Crippen MR) is 175 cm³/mol. The van der Waals surface area contributed by atoms with Crippen LogP contribution in [0.4, 0.5) is 0 Å². The van der Waals surface area contributed by atoms with E-state index in [1.165, 1.54) is 6.92 Å². The zero-order valence-corrected chi connectivity index (χ0v) is 30.5. The molecule has 0 amide bonds. The molecule has 4 saturated heterocycles. The number of carbonyl (C=O) groups excluding carboxylic acids is 4. The Kier molecular flexibility index (Phi) is 11.3. The van der Waals surface area contributed by atoms with E-state index in [1.807, 2.05) is 44.7 Å². The van der Waals surface area contributed by atoms with Crippen LogP contribution in [0.5, 0.6) is 0 Å². The lowest BCUT2D eigenvalue weighted by atomic mass is 9.62. The molecule has 0 spiro atoms. The number of likely N-dealkylation sites (N-methyl/N-ethyl adjacent to an activating group) is 2. The van der Waals surface area contributed by atoms with E-state index in [0.717, 1.165) is 0 Å². The SMILES string of the molecule is C#CCO[C@@]1(C)C[C@@H](C)C(=O)C2(C)CN(C)C3C(=O)O[C@@](C)(C32)[C@@H](CC)OC(=O)[C@H](C)C(=O)[C@H](C)[C@H]1O[C@@H]1O[C@H](C)C[C@H](N(C)C)[C@H]1O. The van der Waals surface area contributed by atoms with Gasteiger partial charge in [-0.05, 0) is 68.1 Å². The minimum Gasteiger partial charge on any atom is -0.458 e. The Balaban J connectivity index is 1.86. The van der Waals surface area contributed by atoms with Crippen LogP contribution in [0.2, 0.25) is 0 Å². The first-order chi connectivity index (χ1) is 22.3. The highest BCUT2D eigenvalue weighted by Gasteiger charge is 2.70. The molecule has 0 radical (unpaired) electrons. The van der Waals surface area contributed by atoms with Crippen molar-refractivity contribution >= 4 is 23.5 Å². The van der Waals surface area contributed by atoms with Crippen LogP contribution in [0.3, 0.4) is 0 Å². The van der Waals surface area contributed by atoms with Crippen molar-refractivity contribution < 1.29 is 48.0 Å². The molecular formula is C36H56N2O10. The number of cyclic esters (lactones) is 1. The van der Waals surface area contributed by atoms with E-state index in [9.17, 15) is 24.3 Å². The monoisotopic (exact) mass is 676 g/mol. The Hall–Kier alpha value is -2.40. The topological polar surface area (TPSA) is 141 Å². The van der Waals surface area contributed by atoms with Crippen molar-refractivity contribution in [3.63, 3.8) is 0 Å². The third kappa shape index (κ3) is 6.59. The molecule has 0 saturated carbocycles. The van der Waals surface area contributed by atoms with Gasteiger partial charge in [0, 0.05) is 35.8 Å². The van der Waals surface area contributed by atoms with Crippen molar-refractivity contribution in [1.29, 1.82) is 0 Å². The Labute approximate surface area is 285 Å². The van der Waals surface area contributed by atoms with Crippen LogP contribution in [0.1, 0.15) is 74.7 Å². The van der Waals surface area contributed by atoms with Crippen LogP contribution in [0.25, 0.3) is 0 Å². The maximum atomic E-state index is 14.8. The predicted octanol–water partition coefficient (Wildman–Crippen LogP) is 2.23. The maximum Gasteiger partial charge on any atom is 0.324 e. The van der Waals surface area contributed by atoms with Crippen molar-refractivity contribution in [3.8, 4) is 12.3 Å². The molecule has 0 aliphatic carbocycles. The van der Waals surface area contributed by atoms with Crippen LogP contribution in [-0.2, 0) is 42.9 Å². The second-order valence-electron chi connectivity index (χ2n) is 15.5. The molecule has 0 aromatic heterocycles. The molecule has 4 aliphatic rings. The van der Waals surface area contributed by atoms with E-state index in [0.29, 0.717) is 19.4 Å². The number of likely N-dealkylation sites (tertiary alicyclic amines) is 1. The molecule has 12 nitrogen and oxygen atoms in total. The molecule has 14 atom stereocenters. The third-order valence-electron chi connectivity index (χ3n) is 11.6. The Morgan fingerprint density at radius 1 is 1.08 bits per heavy atom. The van der Waals surface area contributed by atoms with Gasteiger partial charge in [-0.25, -0.2) is 0 Å².